The second-order valence-electron chi connectivity index (χ2n) is 6.96. The highest BCUT2D eigenvalue weighted by atomic mass is 32.2. The van der Waals surface area contributed by atoms with Crippen molar-refractivity contribution in [2.24, 2.45) is 7.05 Å². The number of amides is 1. The molecule has 8 heteroatoms. The Morgan fingerprint density at radius 3 is 2.69 bits per heavy atom. The molecule has 0 radical (unpaired) electrons. The summed E-state index contributed by atoms with van der Waals surface area (Å²) in [7, 11) is -1.37. The van der Waals surface area contributed by atoms with E-state index >= 15 is 0 Å². The van der Waals surface area contributed by atoms with Gasteiger partial charge in [-0.05, 0) is 18.6 Å². The zero-order valence-electron chi connectivity index (χ0n) is 14.8. The van der Waals surface area contributed by atoms with Crippen molar-refractivity contribution in [3.63, 3.8) is 0 Å². The molecule has 1 aromatic carbocycles. The van der Waals surface area contributed by atoms with Crippen LogP contribution in [0.2, 0.25) is 0 Å². The minimum absolute atomic E-state index is 0.0156. The van der Waals surface area contributed by atoms with Crippen LogP contribution < -0.4 is 0 Å². The van der Waals surface area contributed by atoms with Gasteiger partial charge >= 0.3 is 0 Å². The lowest BCUT2D eigenvalue weighted by molar-refractivity contribution is -0.0363. The standard InChI is InChI=1S/C18H21N3O4S/c1-12-3-5-13(6-4-12)15-9-14(19-20(15)2)18(22)21-7-8-25-17-11-26(23,24)10-16(17)21/h3-6,9,16-17H,7-8,10-11H2,1-2H3. The van der Waals surface area contributed by atoms with E-state index in [1.807, 2.05) is 31.2 Å². The summed E-state index contributed by atoms with van der Waals surface area (Å²) in [5.41, 5.74) is 3.31. The van der Waals surface area contributed by atoms with E-state index in [0.717, 1.165) is 16.8 Å². The average Bonchev–Trinajstić information content (AvgIpc) is 3.13. The molecule has 26 heavy (non-hydrogen) atoms. The summed E-state index contributed by atoms with van der Waals surface area (Å²) in [6, 6.07) is 9.36. The summed E-state index contributed by atoms with van der Waals surface area (Å²) in [5, 5.41) is 4.37. The second kappa shape index (κ2) is 6.21. The van der Waals surface area contributed by atoms with Crippen LogP contribution in [-0.4, -0.2) is 65.8 Å². The average molecular weight is 375 g/mol. The normalized spacial score (nSPS) is 24.5. The Kier molecular flexibility index (Phi) is 4.11. The van der Waals surface area contributed by atoms with Crippen LogP contribution in [0.4, 0.5) is 0 Å². The maximum absolute atomic E-state index is 13.0. The summed E-state index contributed by atoms with van der Waals surface area (Å²) >= 11 is 0. The third kappa shape index (κ3) is 3.03. The molecular formula is C18H21N3O4S. The number of fused-ring (bicyclic) bond motifs is 1. The van der Waals surface area contributed by atoms with E-state index in [9.17, 15) is 13.2 Å². The number of benzene rings is 1. The van der Waals surface area contributed by atoms with Gasteiger partial charge in [0, 0.05) is 13.6 Å². The monoisotopic (exact) mass is 375 g/mol. The Labute approximate surface area is 152 Å². The van der Waals surface area contributed by atoms with Gasteiger partial charge in [0.1, 0.15) is 0 Å². The van der Waals surface area contributed by atoms with Gasteiger partial charge in [-0.15, -0.1) is 0 Å². The van der Waals surface area contributed by atoms with E-state index in [1.54, 1.807) is 22.7 Å². The van der Waals surface area contributed by atoms with Gasteiger partial charge in [0.05, 0.1) is 36.0 Å². The fraction of sp³-hybridized carbons (Fsp3) is 0.444. The van der Waals surface area contributed by atoms with Crippen LogP contribution in [0.15, 0.2) is 30.3 Å². The topological polar surface area (TPSA) is 81.5 Å². The zero-order chi connectivity index (χ0) is 18.5. The molecule has 4 rings (SSSR count). The van der Waals surface area contributed by atoms with Crippen molar-refractivity contribution < 1.29 is 17.9 Å². The van der Waals surface area contributed by atoms with Crippen LogP contribution in [0.1, 0.15) is 16.1 Å². The minimum Gasteiger partial charge on any atom is -0.373 e. The largest absolute Gasteiger partial charge is 0.373 e. The number of sulfone groups is 1. The number of morpholine rings is 1. The van der Waals surface area contributed by atoms with Crippen LogP contribution >= 0.6 is 0 Å². The molecule has 2 aliphatic rings. The van der Waals surface area contributed by atoms with Gasteiger partial charge in [0.2, 0.25) is 0 Å². The van der Waals surface area contributed by atoms with E-state index in [-0.39, 0.29) is 17.4 Å². The number of hydrogen-bond donors (Lipinski definition) is 0. The molecule has 2 atom stereocenters. The predicted octanol–water partition coefficient (Wildman–Crippen LogP) is 1.03. The van der Waals surface area contributed by atoms with Gasteiger partial charge in [-0.25, -0.2) is 8.42 Å². The molecule has 2 saturated heterocycles. The molecule has 0 aliphatic carbocycles. The molecule has 0 N–H and O–H groups in total. The van der Waals surface area contributed by atoms with Crippen LogP contribution in [-0.2, 0) is 21.6 Å². The van der Waals surface area contributed by atoms with Crippen molar-refractivity contribution in [2.45, 2.75) is 19.1 Å². The van der Waals surface area contributed by atoms with Crippen molar-refractivity contribution in [1.29, 1.82) is 0 Å². The molecule has 2 aromatic rings. The molecule has 7 nitrogen and oxygen atoms in total. The quantitative estimate of drug-likeness (QED) is 0.783. The maximum Gasteiger partial charge on any atom is 0.274 e. The van der Waals surface area contributed by atoms with E-state index in [2.05, 4.69) is 5.10 Å². The molecule has 2 aliphatic heterocycles. The van der Waals surface area contributed by atoms with E-state index in [0.29, 0.717) is 18.8 Å². The van der Waals surface area contributed by atoms with Crippen LogP contribution in [0, 0.1) is 6.92 Å². The van der Waals surface area contributed by atoms with Crippen molar-refractivity contribution in [2.75, 3.05) is 24.7 Å². The van der Waals surface area contributed by atoms with Crippen LogP contribution in [0.5, 0.6) is 0 Å². The molecule has 0 saturated carbocycles. The van der Waals surface area contributed by atoms with Gasteiger partial charge in [0.25, 0.3) is 5.91 Å². The SMILES string of the molecule is Cc1ccc(-c2cc(C(=O)N3CCOC4CS(=O)(=O)CC43)nn2C)cc1. The van der Waals surface area contributed by atoms with Crippen molar-refractivity contribution in [3.8, 4) is 11.3 Å². The van der Waals surface area contributed by atoms with Gasteiger partial charge in [-0.3, -0.25) is 9.48 Å². The minimum atomic E-state index is -3.17. The molecule has 1 aromatic heterocycles. The van der Waals surface area contributed by atoms with Crippen LogP contribution in [0.3, 0.4) is 0 Å². The number of aryl methyl sites for hydroxylation is 2. The number of aromatic nitrogens is 2. The molecule has 0 bridgehead atoms. The fourth-order valence-corrected chi connectivity index (χ4v) is 5.55. The first-order chi connectivity index (χ1) is 12.3. The fourth-order valence-electron chi connectivity index (χ4n) is 3.68. The summed E-state index contributed by atoms with van der Waals surface area (Å²) < 4.78 is 31.1. The Bertz CT molecular complexity index is 949. The molecular weight excluding hydrogens is 354 g/mol. The first kappa shape index (κ1) is 17.2. The molecule has 3 heterocycles. The van der Waals surface area contributed by atoms with Crippen LogP contribution in [0.25, 0.3) is 11.3 Å². The predicted molar refractivity (Wildman–Crippen MR) is 96.6 cm³/mol. The molecule has 2 unspecified atom stereocenters. The highest BCUT2D eigenvalue weighted by Gasteiger charge is 2.46. The summed E-state index contributed by atoms with van der Waals surface area (Å²) in [6.07, 6.45) is -0.432. The third-order valence-electron chi connectivity index (χ3n) is 5.04. The molecule has 1 amide bonds. The summed E-state index contributed by atoms with van der Waals surface area (Å²) in [5.74, 6) is -0.298. The maximum atomic E-state index is 13.0. The highest BCUT2D eigenvalue weighted by molar-refractivity contribution is 7.91. The summed E-state index contributed by atoms with van der Waals surface area (Å²) in [6.45, 7) is 2.75. The lowest BCUT2D eigenvalue weighted by Gasteiger charge is -2.36. The van der Waals surface area contributed by atoms with Crippen molar-refractivity contribution in [1.82, 2.24) is 14.7 Å². The Morgan fingerprint density at radius 2 is 1.96 bits per heavy atom. The van der Waals surface area contributed by atoms with E-state index < -0.39 is 22.0 Å². The molecule has 2 fully saturated rings. The highest BCUT2D eigenvalue weighted by Crippen LogP contribution is 2.27. The number of hydrogen-bond acceptors (Lipinski definition) is 5. The number of rotatable bonds is 2. The Hall–Kier alpha value is -2.19. The van der Waals surface area contributed by atoms with Crippen molar-refractivity contribution in [3.05, 3.63) is 41.6 Å². The lowest BCUT2D eigenvalue weighted by Crippen LogP contribution is -2.53. The smallest absolute Gasteiger partial charge is 0.274 e. The van der Waals surface area contributed by atoms with Gasteiger partial charge in [0.15, 0.2) is 15.5 Å². The third-order valence-corrected chi connectivity index (χ3v) is 6.73. The molecule has 0 spiro atoms. The van der Waals surface area contributed by atoms with Gasteiger partial charge < -0.3 is 9.64 Å². The summed E-state index contributed by atoms with van der Waals surface area (Å²) in [4.78, 5) is 14.6. The number of nitrogens with zero attached hydrogens (tertiary/aromatic N) is 3. The number of carbonyl (C=O) groups is 1. The van der Waals surface area contributed by atoms with E-state index in [4.69, 9.17) is 4.74 Å². The van der Waals surface area contributed by atoms with Crippen molar-refractivity contribution >= 4 is 15.7 Å². The first-order valence-electron chi connectivity index (χ1n) is 8.58. The second-order valence-corrected chi connectivity index (χ2v) is 9.11. The Morgan fingerprint density at radius 1 is 1.23 bits per heavy atom. The lowest BCUT2D eigenvalue weighted by atomic mass is 10.1. The van der Waals surface area contributed by atoms with Gasteiger partial charge in [-0.2, -0.15) is 5.10 Å². The van der Waals surface area contributed by atoms with E-state index in [1.165, 1.54) is 0 Å². The first-order valence-corrected chi connectivity index (χ1v) is 10.4. The number of carbonyl (C=O) groups excluding carboxylic acids is 1. The molecule has 138 valence electrons. The number of ether oxygens (including phenoxy) is 1. The van der Waals surface area contributed by atoms with Gasteiger partial charge in [-0.1, -0.05) is 29.8 Å². The zero-order valence-corrected chi connectivity index (χ0v) is 15.6. The Balaban J connectivity index is 1.62.